The van der Waals surface area contributed by atoms with Crippen LogP contribution >= 0.6 is 0 Å². The molecule has 0 bridgehead atoms. The summed E-state index contributed by atoms with van der Waals surface area (Å²) in [5.74, 6) is 0.945. The lowest BCUT2D eigenvalue weighted by molar-refractivity contribution is 0.246. The number of hydrogen-bond acceptors (Lipinski definition) is 3. The highest BCUT2D eigenvalue weighted by Gasteiger charge is 2.25. The van der Waals surface area contributed by atoms with Crippen LogP contribution in [0.3, 0.4) is 0 Å². The topological polar surface area (TPSA) is 41.5 Å². The Balaban J connectivity index is 3.18. The highest BCUT2D eigenvalue weighted by atomic mass is 16.5. The maximum absolute atomic E-state index is 8.87. The second-order valence-corrected chi connectivity index (χ2v) is 5.13. The van der Waals surface area contributed by atoms with E-state index in [1.54, 1.807) is 7.11 Å². The molecular formula is C14H23NO2. The highest BCUT2D eigenvalue weighted by Crippen LogP contribution is 2.34. The largest absolute Gasteiger partial charge is 0.496 e. The summed E-state index contributed by atoms with van der Waals surface area (Å²) in [6.07, 6.45) is 0. The molecule has 3 nitrogen and oxygen atoms in total. The summed E-state index contributed by atoms with van der Waals surface area (Å²) in [6, 6.07) is 4.28. The Kier molecular flexibility index (Phi) is 4.54. The van der Waals surface area contributed by atoms with Crippen LogP contribution in [0.4, 0.5) is 0 Å². The number of aliphatic hydroxyl groups is 1. The van der Waals surface area contributed by atoms with Gasteiger partial charge in [-0.15, -0.1) is 0 Å². The van der Waals surface area contributed by atoms with Crippen molar-refractivity contribution in [1.29, 1.82) is 0 Å². The van der Waals surface area contributed by atoms with Gasteiger partial charge in [0.05, 0.1) is 13.8 Å². The van der Waals surface area contributed by atoms with E-state index in [1.807, 2.05) is 0 Å². The Bertz CT molecular complexity index is 386. The van der Waals surface area contributed by atoms with E-state index in [9.17, 15) is 0 Å². The van der Waals surface area contributed by atoms with Crippen LogP contribution in [-0.2, 0) is 5.41 Å². The van der Waals surface area contributed by atoms with Gasteiger partial charge < -0.3 is 9.84 Å². The third-order valence-electron chi connectivity index (χ3n) is 3.03. The first kappa shape index (κ1) is 14.0. The molecule has 0 unspecified atom stereocenters. The second kappa shape index (κ2) is 5.52. The van der Waals surface area contributed by atoms with Gasteiger partial charge in [0.2, 0.25) is 0 Å². The van der Waals surface area contributed by atoms with E-state index in [0.717, 1.165) is 11.3 Å². The lowest BCUT2D eigenvalue weighted by Gasteiger charge is -2.28. The fraction of sp³-hybridized carbons (Fsp3) is 0.571. The number of benzene rings is 1. The Labute approximate surface area is 104 Å². The quantitative estimate of drug-likeness (QED) is 0.771. The molecule has 0 aliphatic carbocycles. The molecule has 3 heteroatoms. The summed E-state index contributed by atoms with van der Waals surface area (Å²) in [6.45, 7) is 9.15. The van der Waals surface area contributed by atoms with Gasteiger partial charge in [-0.25, -0.2) is 0 Å². The molecule has 0 saturated heterocycles. The summed E-state index contributed by atoms with van der Waals surface area (Å²) in [5.41, 5.74) is 3.48. The van der Waals surface area contributed by atoms with E-state index in [1.165, 1.54) is 11.1 Å². The van der Waals surface area contributed by atoms with Crippen molar-refractivity contribution in [1.82, 2.24) is 5.32 Å². The molecule has 17 heavy (non-hydrogen) atoms. The van der Waals surface area contributed by atoms with Gasteiger partial charge in [0.25, 0.3) is 0 Å². The van der Waals surface area contributed by atoms with Crippen molar-refractivity contribution in [3.8, 4) is 5.75 Å². The molecule has 0 heterocycles. The Morgan fingerprint density at radius 3 is 2.47 bits per heavy atom. The average molecular weight is 237 g/mol. The third-order valence-corrected chi connectivity index (χ3v) is 3.03. The van der Waals surface area contributed by atoms with Gasteiger partial charge in [0, 0.05) is 17.5 Å². The van der Waals surface area contributed by atoms with Gasteiger partial charge in [-0.2, -0.15) is 0 Å². The molecule has 0 aliphatic rings. The SMILES string of the molecule is COc1c(C)cc(C)cc1C(C)(C)CNCO. The standard InChI is InChI=1S/C14H23NO2/c1-10-6-11(2)13(17-5)12(7-10)14(3,4)8-15-9-16/h6-7,15-16H,8-9H2,1-5H3. The van der Waals surface area contributed by atoms with Crippen LogP contribution in [0.1, 0.15) is 30.5 Å². The van der Waals surface area contributed by atoms with Crippen molar-refractivity contribution in [2.75, 3.05) is 20.4 Å². The lowest BCUT2D eigenvalue weighted by Crippen LogP contribution is -2.34. The molecule has 0 saturated carbocycles. The van der Waals surface area contributed by atoms with E-state index >= 15 is 0 Å². The predicted octanol–water partition coefficient (Wildman–Crippen LogP) is 2.13. The van der Waals surface area contributed by atoms with Gasteiger partial charge in [0.1, 0.15) is 5.75 Å². The monoisotopic (exact) mass is 237 g/mol. The molecule has 0 atom stereocenters. The molecule has 1 rings (SSSR count). The molecule has 1 aromatic rings. The van der Waals surface area contributed by atoms with Crippen LogP contribution in [0.5, 0.6) is 5.75 Å². The van der Waals surface area contributed by atoms with Crippen molar-refractivity contribution < 1.29 is 9.84 Å². The zero-order valence-electron chi connectivity index (χ0n) is 11.4. The normalized spacial score (nSPS) is 11.6. The van der Waals surface area contributed by atoms with Crippen LogP contribution in [-0.4, -0.2) is 25.5 Å². The molecule has 0 aromatic heterocycles. The van der Waals surface area contributed by atoms with Gasteiger partial charge >= 0.3 is 0 Å². The molecule has 0 spiro atoms. The van der Waals surface area contributed by atoms with Crippen LogP contribution in [0.15, 0.2) is 12.1 Å². The first-order chi connectivity index (χ1) is 7.92. The van der Waals surface area contributed by atoms with Gasteiger partial charge in [-0.3, -0.25) is 5.32 Å². The second-order valence-electron chi connectivity index (χ2n) is 5.13. The Morgan fingerprint density at radius 1 is 1.29 bits per heavy atom. The number of methoxy groups -OCH3 is 1. The summed E-state index contributed by atoms with van der Waals surface area (Å²) in [7, 11) is 1.71. The van der Waals surface area contributed by atoms with Crippen molar-refractivity contribution in [3.63, 3.8) is 0 Å². The van der Waals surface area contributed by atoms with Crippen molar-refractivity contribution in [3.05, 3.63) is 28.8 Å². The smallest absolute Gasteiger partial charge is 0.125 e. The van der Waals surface area contributed by atoms with E-state index in [0.29, 0.717) is 6.54 Å². The number of hydrogen-bond donors (Lipinski definition) is 2. The molecule has 0 radical (unpaired) electrons. The van der Waals surface area contributed by atoms with Crippen LogP contribution in [0.25, 0.3) is 0 Å². The van der Waals surface area contributed by atoms with E-state index < -0.39 is 0 Å². The molecule has 0 fully saturated rings. The Hall–Kier alpha value is -1.06. The fourth-order valence-corrected chi connectivity index (χ4v) is 2.19. The first-order valence-corrected chi connectivity index (χ1v) is 5.89. The average Bonchev–Trinajstić information content (AvgIpc) is 2.25. The van der Waals surface area contributed by atoms with Crippen LogP contribution in [0.2, 0.25) is 0 Å². The van der Waals surface area contributed by atoms with E-state index in [-0.39, 0.29) is 12.1 Å². The van der Waals surface area contributed by atoms with E-state index in [4.69, 9.17) is 9.84 Å². The maximum Gasteiger partial charge on any atom is 0.125 e. The highest BCUT2D eigenvalue weighted by molar-refractivity contribution is 5.47. The van der Waals surface area contributed by atoms with Crippen LogP contribution in [0, 0.1) is 13.8 Å². The molecule has 2 N–H and O–H groups in total. The number of ether oxygens (including phenoxy) is 1. The minimum Gasteiger partial charge on any atom is -0.496 e. The van der Waals surface area contributed by atoms with Crippen molar-refractivity contribution in [2.24, 2.45) is 0 Å². The van der Waals surface area contributed by atoms with Gasteiger partial charge in [0.15, 0.2) is 0 Å². The maximum atomic E-state index is 8.87. The minimum atomic E-state index is -0.0785. The van der Waals surface area contributed by atoms with Crippen molar-refractivity contribution >= 4 is 0 Å². The summed E-state index contributed by atoms with van der Waals surface area (Å²) < 4.78 is 5.51. The zero-order chi connectivity index (χ0) is 13.1. The molecule has 96 valence electrons. The zero-order valence-corrected chi connectivity index (χ0v) is 11.4. The predicted molar refractivity (Wildman–Crippen MR) is 70.6 cm³/mol. The third kappa shape index (κ3) is 3.20. The minimum absolute atomic E-state index is 0.00343. The molecule has 0 amide bonds. The van der Waals surface area contributed by atoms with E-state index in [2.05, 4.69) is 45.1 Å². The molecular weight excluding hydrogens is 214 g/mol. The number of aliphatic hydroxyl groups excluding tert-OH is 1. The lowest BCUT2D eigenvalue weighted by atomic mass is 9.82. The number of nitrogens with one attached hydrogen (secondary N) is 1. The van der Waals surface area contributed by atoms with Crippen molar-refractivity contribution in [2.45, 2.75) is 33.1 Å². The fourth-order valence-electron chi connectivity index (χ4n) is 2.19. The summed E-state index contributed by atoms with van der Waals surface area (Å²) in [4.78, 5) is 0. The number of rotatable bonds is 5. The van der Waals surface area contributed by atoms with Crippen LogP contribution < -0.4 is 10.1 Å². The first-order valence-electron chi connectivity index (χ1n) is 5.89. The van der Waals surface area contributed by atoms with Gasteiger partial charge in [-0.1, -0.05) is 31.5 Å². The molecule has 1 aromatic carbocycles. The van der Waals surface area contributed by atoms with Gasteiger partial charge in [-0.05, 0) is 19.4 Å². The summed E-state index contributed by atoms with van der Waals surface area (Å²) >= 11 is 0. The number of aryl methyl sites for hydroxylation is 2. The molecule has 0 aliphatic heterocycles. The Morgan fingerprint density at radius 2 is 1.94 bits per heavy atom. The summed E-state index contributed by atoms with van der Waals surface area (Å²) in [5, 5.41) is 11.8.